The van der Waals surface area contributed by atoms with Crippen LogP contribution in [0.15, 0.2) is 29.2 Å². The second-order valence-electron chi connectivity index (χ2n) is 3.28. The summed E-state index contributed by atoms with van der Waals surface area (Å²) in [6.45, 7) is 0. The van der Waals surface area contributed by atoms with Crippen LogP contribution in [-0.4, -0.2) is 9.97 Å². The van der Waals surface area contributed by atoms with Crippen LogP contribution in [0.3, 0.4) is 0 Å². The zero-order valence-electron chi connectivity index (χ0n) is 8.83. The summed E-state index contributed by atoms with van der Waals surface area (Å²) in [6.07, 6.45) is 0. The molecule has 2 nitrogen and oxygen atoms in total. The molecular formula is C11H6Cl3FN2S. The molecule has 18 heavy (non-hydrogen) atoms. The van der Waals surface area contributed by atoms with Crippen molar-refractivity contribution >= 4 is 46.6 Å². The SMILES string of the molecule is Fc1c(Cl)nc(CSc2cccc(Cl)c2)nc1Cl. The molecule has 1 aromatic carbocycles. The van der Waals surface area contributed by atoms with Gasteiger partial charge in [-0.25, -0.2) is 14.4 Å². The monoisotopic (exact) mass is 322 g/mol. The number of hydrogen-bond acceptors (Lipinski definition) is 3. The van der Waals surface area contributed by atoms with Crippen molar-refractivity contribution in [3.63, 3.8) is 0 Å². The second kappa shape index (κ2) is 6.06. The minimum absolute atomic E-state index is 0.267. The van der Waals surface area contributed by atoms with Gasteiger partial charge in [-0.15, -0.1) is 11.8 Å². The van der Waals surface area contributed by atoms with Gasteiger partial charge in [0, 0.05) is 9.92 Å². The van der Waals surface area contributed by atoms with Crippen LogP contribution in [0.2, 0.25) is 15.3 Å². The zero-order chi connectivity index (χ0) is 13.1. The van der Waals surface area contributed by atoms with Crippen LogP contribution < -0.4 is 0 Å². The first-order valence-corrected chi connectivity index (χ1v) is 6.94. The molecule has 0 bridgehead atoms. The fourth-order valence-corrected chi connectivity index (χ4v) is 2.69. The standard InChI is InChI=1S/C11H6Cl3FN2S/c12-6-2-1-3-7(4-6)18-5-8-16-10(13)9(15)11(14)17-8/h1-4H,5H2. The summed E-state index contributed by atoms with van der Waals surface area (Å²) in [5, 5.41) is 0.115. The van der Waals surface area contributed by atoms with E-state index >= 15 is 0 Å². The normalized spacial score (nSPS) is 10.7. The quantitative estimate of drug-likeness (QED) is 0.595. The van der Waals surface area contributed by atoms with Gasteiger partial charge in [0.25, 0.3) is 0 Å². The Bertz CT molecular complexity index is 557. The third kappa shape index (κ3) is 3.48. The highest BCUT2D eigenvalue weighted by Crippen LogP contribution is 2.26. The highest BCUT2D eigenvalue weighted by atomic mass is 35.5. The van der Waals surface area contributed by atoms with Gasteiger partial charge in [-0.2, -0.15) is 0 Å². The molecule has 0 spiro atoms. The third-order valence-corrected chi connectivity index (χ3v) is 3.71. The molecule has 1 aromatic heterocycles. The summed E-state index contributed by atoms with van der Waals surface area (Å²) in [5.74, 6) is 0.00582. The number of halogens is 4. The van der Waals surface area contributed by atoms with E-state index in [0.717, 1.165) is 4.90 Å². The molecule has 0 aliphatic carbocycles. The fraction of sp³-hybridized carbons (Fsp3) is 0.0909. The van der Waals surface area contributed by atoms with Gasteiger partial charge in [0.1, 0.15) is 5.82 Å². The van der Waals surface area contributed by atoms with Crippen molar-refractivity contribution in [2.75, 3.05) is 0 Å². The van der Waals surface area contributed by atoms with Crippen LogP contribution in [0.25, 0.3) is 0 Å². The Morgan fingerprint density at radius 1 is 1.11 bits per heavy atom. The Kier molecular flexibility index (Phi) is 4.67. The van der Waals surface area contributed by atoms with Gasteiger partial charge in [0.15, 0.2) is 16.1 Å². The molecule has 7 heteroatoms. The summed E-state index contributed by atoms with van der Waals surface area (Å²) in [4.78, 5) is 8.59. The average Bonchev–Trinajstić information content (AvgIpc) is 2.33. The average molecular weight is 324 g/mol. The van der Waals surface area contributed by atoms with Crippen LogP contribution in [-0.2, 0) is 5.75 Å². The van der Waals surface area contributed by atoms with Crippen molar-refractivity contribution in [2.45, 2.75) is 10.6 Å². The lowest BCUT2D eigenvalue weighted by molar-refractivity contribution is 0.612. The molecule has 0 aliphatic rings. The van der Waals surface area contributed by atoms with E-state index in [0.29, 0.717) is 16.6 Å². The van der Waals surface area contributed by atoms with Crippen LogP contribution in [0.5, 0.6) is 0 Å². The maximum absolute atomic E-state index is 13.1. The summed E-state index contributed by atoms with van der Waals surface area (Å²) >= 11 is 18.5. The van der Waals surface area contributed by atoms with Crippen molar-refractivity contribution in [3.8, 4) is 0 Å². The molecule has 1 heterocycles. The van der Waals surface area contributed by atoms with E-state index < -0.39 is 5.82 Å². The Morgan fingerprint density at radius 2 is 1.78 bits per heavy atom. The predicted molar refractivity (Wildman–Crippen MR) is 73.0 cm³/mol. The molecule has 0 unspecified atom stereocenters. The molecule has 0 radical (unpaired) electrons. The van der Waals surface area contributed by atoms with Gasteiger partial charge in [0.2, 0.25) is 0 Å². The minimum Gasteiger partial charge on any atom is -0.217 e. The Hall–Kier alpha value is -0.550. The van der Waals surface area contributed by atoms with Crippen molar-refractivity contribution in [2.24, 2.45) is 0 Å². The van der Waals surface area contributed by atoms with E-state index in [-0.39, 0.29) is 10.3 Å². The molecule has 2 aromatic rings. The van der Waals surface area contributed by atoms with Crippen molar-refractivity contribution in [1.29, 1.82) is 0 Å². The molecule has 0 atom stereocenters. The first-order chi connectivity index (χ1) is 8.56. The predicted octanol–water partition coefficient (Wildman–Crippen LogP) is 4.87. The number of rotatable bonds is 3. The van der Waals surface area contributed by atoms with Gasteiger partial charge in [0.05, 0.1) is 5.75 Å². The number of aromatic nitrogens is 2. The lowest BCUT2D eigenvalue weighted by Crippen LogP contribution is -1.97. The molecule has 0 amide bonds. The fourth-order valence-electron chi connectivity index (χ4n) is 1.20. The third-order valence-electron chi connectivity index (χ3n) is 1.98. The number of hydrogen-bond donors (Lipinski definition) is 0. The van der Waals surface area contributed by atoms with E-state index in [2.05, 4.69) is 9.97 Å². The largest absolute Gasteiger partial charge is 0.217 e. The smallest absolute Gasteiger partial charge is 0.197 e. The van der Waals surface area contributed by atoms with Crippen LogP contribution >= 0.6 is 46.6 Å². The number of nitrogens with zero attached hydrogens (tertiary/aromatic N) is 2. The second-order valence-corrected chi connectivity index (χ2v) is 5.48. The molecular weight excluding hydrogens is 318 g/mol. The number of thioether (sulfide) groups is 1. The van der Waals surface area contributed by atoms with Gasteiger partial charge >= 0.3 is 0 Å². The first-order valence-electron chi connectivity index (χ1n) is 4.82. The van der Waals surface area contributed by atoms with Gasteiger partial charge in [-0.3, -0.25) is 0 Å². The van der Waals surface area contributed by atoms with Crippen LogP contribution in [0.4, 0.5) is 4.39 Å². The van der Waals surface area contributed by atoms with E-state index in [1.54, 1.807) is 6.07 Å². The Labute approximate surface area is 122 Å². The van der Waals surface area contributed by atoms with Crippen molar-refractivity contribution in [3.05, 3.63) is 51.2 Å². The van der Waals surface area contributed by atoms with Gasteiger partial charge < -0.3 is 0 Å². The van der Waals surface area contributed by atoms with Crippen molar-refractivity contribution in [1.82, 2.24) is 9.97 Å². The van der Waals surface area contributed by atoms with E-state index in [4.69, 9.17) is 34.8 Å². The molecule has 94 valence electrons. The Morgan fingerprint density at radius 3 is 2.39 bits per heavy atom. The van der Waals surface area contributed by atoms with E-state index in [1.165, 1.54) is 11.8 Å². The lowest BCUT2D eigenvalue weighted by Gasteiger charge is -2.03. The lowest BCUT2D eigenvalue weighted by atomic mass is 10.4. The molecule has 0 aliphatic heterocycles. The van der Waals surface area contributed by atoms with Gasteiger partial charge in [-0.1, -0.05) is 40.9 Å². The van der Waals surface area contributed by atoms with Crippen LogP contribution in [0.1, 0.15) is 5.82 Å². The Balaban J connectivity index is 2.11. The molecule has 0 N–H and O–H groups in total. The molecule has 0 saturated heterocycles. The van der Waals surface area contributed by atoms with E-state index in [1.807, 2.05) is 18.2 Å². The highest BCUT2D eigenvalue weighted by molar-refractivity contribution is 7.98. The first kappa shape index (κ1) is 13.9. The summed E-state index contributed by atoms with van der Waals surface area (Å²) < 4.78 is 13.1. The maximum atomic E-state index is 13.1. The molecule has 0 saturated carbocycles. The topological polar surface area (TPSA) is 25.8 Å². The van der Waals surface area contributed by atoms with E-state index in [9.17, 15) is 4.39 Å². The minimum atomic E-state index is -0.796. The van der Waals surface area contributed by atoms with Crippen molar-refractivity contribution < 1.29 is 4.39 Å². The molecule has 2 rings (SSSR count). The maximum Gasteiger partial charge on any atom is 0.197 e. The summed E-state index contributed by atoms with van der Waals surface area (Å²) in [6, 6.07) is 7.35. The summed E-state index contributed by atoms with van der Waals surface area (Å²) in [7, 11) is 0. The molecule has 0 fully saturated rings. The summed E-state index contributed by atoms with van der Waals surface area (Å²) in [5.41, 5.74) is 0. The zero-order valence-corrected chi connectivity index (χ0v) is 11.9. The van der Waals surface area contributed by atoms with Crippen LogP contribution in [0, 0.1) is 5.82 Å². The highest BCUT2D eigenvalue weighted by Gasteiger charge is 2.11. The van der Waals surface area contributed by atoms with Gasteiger partial charge in [-0.05, 0) is 18.2 Å². The number of benzene rings is 1.